The van der Waals surface area contributed by atoms with Crippen LogP contribution in [0.25, 0.3) is 0 Å². The molecular weight excluding hydrogens is 302 g/mol. The fraction of sp³-hybridized carbons (Fsp3) is 0.267. The van der Waals surface area contributed by atoms with Crippen molar-refractivity contribution in [2.75, 3.05) is 18.7 Å². The number of aromatic nitrogens is 2. The summed E-state index contributed by atoms with van der Waals surface area (Å²) in [6, 6.07) is 6.64. The van der Waals surface area contributed by atoms with Gasteiger partial charge in [0.05, 0.1) is 18.6 Å². The Morgan fingerprint density at radius 3 is 2.86 bits per heavy atom. The summed E-state index contributed by atoms with van der Waals surface area (Å²) >= 11 is 1.51. The van der Waals surface area contributed by atoms with Crippen molar-refractivity contribution in [1.29, 1.82) is 0 Å². The Morgan fingerprint density at radius 2 is 2.18 bits per heavy atom. The Bertz CT molecular complexity index is 743. The summed E-state index contributed by atoms with van der Waals surface area (Å²) in [7, 11) is 1.53. The number of ether oxygens (including phenoxy) is 1. The van der Waals surface area contributed by atoms with Gasteiger partial charge in [-0.3, -0.25) is 9.59 Å². The number of aryl methyl sites for hydroxylation is 1. The number of thioether (sulfide) groups is 1. The van der Waals surface area contributed by atoms with E-state index in [0.717, 1.165) is 5.56 Å². The van der Waals surface area contributed by atoms with Crippen LogP contribution in [0, 0.1) is 6.92 Å². The summed E-state index contributed by atoms with van der Waals surface area (Å²) in [6.07, 6.45) is 1.89. The molecule has 0 saturated carbocycles. The Kier molecular flexibility index (Phi) is 5.21. The van der Waals surface area contributed by atoms with Crippen LogP contribution in [0.3, 0.4) is 0 Å². The van der Waals surface area contributed by atoms with E-state index in [-0.39, 0.29) is 11.3 Å². The SMILES string of the molecule is COc1ccc(C)cc1NC(=O)c1cc(=O)[nH]c(CSC)n1. The summed E-state index contributed by atoms with van der Waals surface area (Å²) in [5.41, 5.74) is 1.26. The molecule has 0 unspecified atom stereocenters. The van der Waals surface area contributed by atoms with Crippen molar-refractivity contribution in [3.8, 4) is 5.75 Å². The molecule has 1 aromatic carbocycles. The minimum Gasteiger partial charge on any atom is -0.495 e. The number of hydrogen-bond acceptors (Lipinski definition) is 5. The van der Waals surface area contributed by atoms with Crippen LogP contribution in [0.15, 0.2) is 29.1 Å². The number of anilines is 1. The number of nitrogens with one attached hydrogen (secondary N) is 2. The van der Waals surface area contributed by atoms with Gasteiger partial charge in [-0.25, -0.2) is 4.98 Å². The Labute approximate surface area is 132 Å². The third kappa shape index (κ3) is 3.88. The molecule has 0 bridgehead atoms. The Balaban J connectivity index is 2.29. The predicted molar refractivity (Wildman–Crippen MR) is 87.8 cm³/mol. The van der Waals surface area contributed by atoms with E-state index in [1.54, 1.807) is 12.1 Å². The van der Waals surface area contributed by atoms with E-state index in [0.29, 0.717) is 23.0 Å². The lowest BCUT2D eigenvalue weighted by Gasteiger charge is -2.11. The summed E-state index contributed by atoms with van der Waals surface area (Å²) in [5.74, 6) is 1.11. The zero-order chi connectivity index (χ0) is 16.1. The molecule has 1 heterocycles. The lowest BCUT2D eigenvalue weighted by molar-refractivity contribution is 0.102. The van der Waals surface area contributed by atoms with Crippen LogP contribution in [0.5, 0.6) is 5.75 Å². The first-order chi connectivity index (χ1) is 10.5. The van der Waals surface area contributed by atoms with Gasteiger partial charge in [0.25, 0.3) is 11.5 Å². The molecule has 0 radical (unpaired) electrons. The van der Waals surface area contributed by atoms with Crippen LogP contribution in [0.4, 0.5) is 5.69 Å². The van der Waals surface area contributed by atoms with Crippen molar-refractivity contribution >= 4 is 23.4 Å². The van der Waals surface area contributed by atoms with Gasteiger partial charge in [0, 0.05) is 6.07 Å². The monoisotopic (exact) mass is 319 g/mol. The maximum absolute atomic E-state index is 12.3. The van der Waals surface area contributed by atoms with E-state index >= 15 is 0 Å². The van der Waals surface area contributed by atoms with E-state index in [2.05, 4.69) is 15.3 Å². The second-order valence-electron chi connectivity index (χ2n) is 4.67. The van der Waals surface area contributed by atoms with Crippen molar-refractivity contribution in [1.82, 2.24) is 9.97 Å². The molecule has 7 heteroatoms. The van der Waals surface area contributed by atoms with Crippen LogP contribution < -0.4 is 15.6 Å². The molecule has 2 rings (SSSR count). The van der Waals surface area contributed by atoms with Gasteiger partial charge in [0.1, 0.15) is 17.3 Å². The van der Waals surface area contributed by atoms with E-state index in [4.69, 9.17) is 4.74 Å². The van der Waals surface area contributed by atoms with Gasteiger partial charge in [0.2, 0.25) is 0 Å². The van der Waals surface area contributed by atoms with Crippen LogP contribution >= 0.6 is 11.8 Å². The highest BCUT2D eigenvalue weighted by Gasteiger charge is 2.13. The molecule has 0 atom stereocenters. The molecule has 2 aromatic rings. The number of carbonyl (C=O) groups excluding carboxylic acids is 1. The number of aromatic amines is 1. The van der Waals surface area contributed by atoms with E-state index in [1.165, 1.54) is 24.9 Å². The molecule has 2 N–H and O–H groups in total. The second-order valence-corrected chi connectivity index (χ2v) is 5.53. The summed E-state index contributed by atoms with van der Waals surface area (Å²) in [4.78, 5) is 30.7. The highest BCUT2D eigenvalue weighted by molar-refractivity contribution is 7.97. The first-order valence-corrected chi connectivity index (χ1v) is 7.98. The number of benzene rings is 1. The number of amides is 1. The molecule has 22 heavy (non-hydrogen) atoms. The van der Waals surface area contributed by atoms with Gasteiger partial charge < -0.3 is 15.0 Å². The largest absolute Gasteiger partial charge is 0.495 e. The molecule has 0 aliphatic carbocycles. The molecule has 0 aliphatic rings. The standard InChI is InChI=1S/C15H17N3O3S/c1-9-4-5-12(21-2)10(6-9)17-15(20)11-7-14(19)18-13(16-11)8-22-3/h4-7H,8H2,1-3H3,(H,17,20)(H,16,18,19). The molecule has 1 amide bonds. The fourth-order valence-electron chi connectivity index (χ4n) is 1.94. The van der Waals surface area contributed by atoms with Crippen LogP contribution in [-0.4, -0.2) is 29.2 Å². The minimum absolute atomic E-state index is 0.0800. The van der Waals surface area contributed by atoms with Crippen LogP contribution in [0.1, 0.15) is 21.9 Å². The Morgan fingerprint density at radius 1 is 1.41 bits per heavy atom. The zero-order valence-electron chi connectivity index (χ0n) is 12.6. The summed E-state index contributed by atoms with van der Waals surface area (Å²) in [5, 5.41) is 2.73. The summed E-state index contributed by atoms with van der Waals surface area (Å²) < 4.78 is 5.22. The van der Waals surface area contributed by atoms with E-state index in [1.807, 2.05) is 19.2 Å². The number of methoxy groups -OCH3 is 1. The van der Waals surface area contributed by atoms with Gasteiger partial charge in [-0.2, -0.15) is 11.8 Å². The molecule has 6 nitrogen and oxygen atoms in total. The zero-order valence-corrected chi connectivity index (χ0v) is 13.4. The number of nitrogens with zero attached hydrogens (tertiary/aromatic N) is 1. The highest BCUT2D eigenvalue weighted by Crippen LogP contribution is 2.25. The van der Waals surface area contributed by atoms with Gasteiger partial charge in [0.15, 0.2) is 0 Å². The summed E-state index contributed by atoms with van der Waals surface area (Å²) in [6.45, 7) is 1.91. The topological polar surface area (TPSA) is 84.1 Å². The maximum Gasteiger partial charge on any atom is 0.274 e. The molecule has 0 fully saturated rings. The minimum atomic E-state index is -0.447. The van der Waals surface area contributed by atoms with Gasteiger partial charge in [-0.1, -0.05) is 6.07 Å². The average Bonchev–Trinajstić information content (AvgIpc) is 2.47. The molecule has 116 valence electrons. The normalized spacial score (nSPS) is 10.3. The van der Waals surface area contributed by atoms with Gasteiger partial charge in [-0.15, -0.1) is 0 Å². The van der Waals surface area contributed by atoms with Crippen molar-refractivity contribution < 1.29 is 9.53 Å². The van der Waals surface area contributed by atoms with Crippen molar-refractivity contribution in [2.24, 2.45) is 0 Å². The van der Waals surface area contributed by atoms with Gasteiger partial charge >= 0.3 is 0 Å². The average molecular weight is 319 g/mol. The number of hydrogen-bond donors (Lipinski definition) is 2. The molecular formula is C15H17N3O3S. The molecule has 0 saturated heterocycles. The molecule has 0 spiro atoms. The number of rotatable bonds is 5. The quantitative estimate of drug-likeness (QED) is 0.882. The Hall–Kier alpha value is -2.28. The lowest BCUT2D eigenvalue weighted by atomic mass is 10.2. The fourth-order valence-corrected chi connectivity index (χ4v) is 2.35. The van der Waals surface area contributed by atoms with Crippen molar-refractivity contribution in [3.63, 3.8) is 0 Å². The third-order valence-corrected chi connectivity index (χ3v) is 3.47. The lowest BCUT2D eigenvalue weighted by Crippen LogP contribution is -2.20. The van der Waals surface area contributed by atoms with Crippen LogP contribution in [-0.2, 0) is 5.75 Å². The maximum atomic E-state index is 12.3. The third-order valence-electron chi connectivity index (χ3n) is 2.91. The number of carbonyl (C=O) groups is 1. The first kappa shape index (κ1) is 16.1. The molecule has 1 aromatic heterocycles. The second kappa shape index (κ2) is 7.13. The van der Waals surface area contributed by atoms with Crippen molar-refractivity contribution in [3.05, 3.63) is 51.7 Å². The van der Waals surface area contributed by atoms with Crippen LogP contribution in [0.2, 0.25) is 0 Å². The smallest absolute Gasteiger partial charge is 0.274 e. The number of H-pyrrole nitrogens is 1. The highest BCUT2D eigenvalue weighted by atomic mass is 32.2. The predicted octanol–water partition coefficient (Wildman–Crippen LogP) is 2.20. The van der Waals surface area contributed by atoms with Gasteiger partial charge in [-0.05, 0) is 30.9 Å². The first-order valence-electron chi connectivity index (χ1n) is 6.58. The van der Waals surface area contributed by atoms with Crippen molar-refractivity contribution in [2.45, 2.75) is 12.7 Å². The van der Waals surface area contributed by atoms with E-state index in [9.17, 15) is 9.59 Å². The molecule has 0 aliphatic heterocycles. The van der Waals surface area contributed by atoms with E-state index < -0.39 is 5.91 Å².